The van der Waals surface area contributed by atoms with Crippen LogP contribution in [0.2, 0.25) is 0 Å². The van der Waals surface area contributed by atoms with Crippen LogP contribution in [0, 0.1) is 0 Å². The number of nitrogens with zero attached hydrogens (tertiary/aromatic N) is 2. The van der Waals surface area contributed by atoms with Gasteiger partial charge in [0.05, 0.1) is 6.42 Å². The van der Waals surface area contributed by atoms with E-state index in [2.05, 4.69) is 37.6 Å². The van der Waals surface area contributed by atoms with Crippen molar-refractivity contribution in [2.24, 2.45) is 0 Å². The number of likely N-dealkylation sites (N-methyl/N-ethyl adjacent to an activating group) is 1. The Morgan fingerprint density at radius 2 is 2.12 bits per heavy atom. The molecule has 4 nitrogen and oxygen atoms in total. The molecule has 0 radical (unpaired) electrons. The normalized spacial score (nSPS) is 26.0. The molecule has 0 amide bonds. The second kappa shape index (κ2) is 5.83. The Morgan fingerprint density at radius 3 is 2.65 bits per heavy atom. The predicted molar refractivity (Wildman–Crippen MR) is 69.2 cm³/mol. The Kier molecular flexibility index (Phi) is 4.95. The van der Waals surface area contributed by atoms with Crippen LogP contribution in [0.25, 0.3) is 0 Å². The van der Waals surface area contributed by atoms with Gasteiger partial charge in [-0.2, -0.15) is 0 Å². The molecule has 0 spiro atoms. The van der Waals surface area contributed by atoms with Crippen LogP contribution in [0.3, 0.4) is 0 Å². The van der Waals surface area contributed by atoms with Crippen molar-refractivity contribution >= 4 is 5.97 Å². The lowest BCUT2D eigenvalue weighted by atomic mass is 9.94. The molecule has 4 heteroatoms. The van der Waals surface area contributed by atoms with E-state index in [0.29, 0.717) is 0 Å². The van der Waals surface area contributed by atoms with E-state index in [-0.39, 0.29) is 18.0 Å². The summed E-state index contributed by atoms with van der Waals surface area (Å²) in [6, 6.07) is 0.164. The molecule has 0 aliphatic carbocycles. The highest BCUT2D eigenvalue weighted by Gasteiger charge is 2.37. The van der Waals surface area contributed by atoms with Crippen LogP contribution in [-0.2, 0) is 4.79 Å². The summed E-state index contributed by atoms with van der Waals surface area (Å²) in [7, 11) is 2.09. The summed E-state index contributed by atoms with van der Waals surface area (Å²) in [5.74, 6) is -0.690. The van der Waals surface area contributed by atoms with Gasteiger partial charge in [-0.3, -0.25) is 14.6 Å². The molecule has 0 saturated carbocycles. The molecule has 1 saturated heterocycles. The van der Waals surface area contributed by atoms with Crippen molar-refractivity contribution in [2.45, 2.75) is 51.6 Å². The van der Waals surface area contributed by atoms with Crippen molar-refractivity contribution in [3.05, 3.63) is 0 Å². The molecule has 0 aromatic rings. The quantitative estimate of drug-likeness (QED) is 0.796. The summed E-state index contributed by atoms with van der Waals surface area (Å²) in [6.07, 6.45) is 2.56. The smallest absolute Gasteiger partial charge is 0.304 e. The van der Waals surface area contributed by atoms with Crippen molar-refractivity contribution in [3.8, 4) is 0 Å². The molecule has 1 aliphatic heterocycles. The first-order chi connectivity index (χ1) is 7.86. The lowest BCUT2D eigenvalue weighted by molar-refractivity contribution is -0.139. The Labute approximate surface area is 105 Å². The molecule has 1 rings (SSSR count). The monoisotopic (exact) mass is 242 g/mol. The number of carboxylic acids is 1. The second-order valence-electron chi connectivity index (χ2n) is 5.77. The van der Waals surface area contributed by atoms with Crippen LogP contribution in [0.4, 0.5) is 0 Å². The number of hydrogen-bond donors (Lipinski definition) is 1. The Morgan fingerprint density at radius 1 is 1.47 bits per heavy atom. The highest BCUT2D eigenvalue weighted by molar-refractivity contribution is 5.67. The van der Waals surface area contributed by atoms with Gasteiger partial charge < -0.3 is 5.11 Å². The van der Waals surface area contributed by atoms with Gasteiger partial charge >= 0.3 is 5.97 Å². The minimum absolute atomic E-state index is 0.142. The molecule has 17 heavy (non-hydrogen) atoms. The SMILES string of the molecule is CCCCN1CC(C)(C)N(C)CC1CC(=O)O. The van der Waals surface area contributed by atoms with E-state index >= 15 is 0 Å². The Bertz CT molecular complexity index is 266. The average molecular weight is 242 g/mol. The summed E-state index contributed by atoms with van der Waals surface area (Å²) in [5, 5.41) is 8.98. The number of piperazine rings is 1. The minimum atomic E-state index is -0.690. The van der Waals surface area contributed by atoms with Gasteiger partial charge in [-0.1, -0.05) is 13.3 Å². The summed E-state index contributed by atoms with van der Waals surface area (Å²) in [4.78, 5) is 15.5. The van der Waals surface area contributed by atoms with E-state index in [1.165, 1.54) is 0 Å². The van der Waals surface area contributed by atoms with Crippen molar-refractivity contribution < 1.29 is 9.90 Å². The van der Waals surface area contributed by atoms with Crippen LogP contribution < -0.4 is 0 Å². The molecule has 1 heterocycles. The zero-order chi connectivity index (χ0) is 13.1. The zero-order valence-corrected chi connectivity index (χ0v) is 11.6. The van der Waals surface area contributed by atoms with Gasteiger partial charge in [0.15, 0.2) is 0 Å². The molecule has 100 valence electrons. The fourth-order valence-corrected chi connectivity index (χ4v) is 2.44. The van der Waals surface area contributed by atoms with E-state index in [4.69, 9.17) is 5.11 Å². The van der Waals surface area contributed by atoms with Crippen molar-refractivity contribution in [1.29, 1.82) is 0 Å². The molecular weight excluding hydrogens is 216 g/mol. The first-order valence-electron chi connectivity index (χ1n) is 6.54. The van der Waals surface area contributed by atoms with Crippen molar-refractivity contribution in [3.63, 3.8) is 0 Å². The van der Waals surface area contributed by atoms with Gasteiger partial charge in [-0.05, 0) is 33.9 Å². The van der Waals surface area contributed by atoms with Crippen LogP contribution in [0.1, 0.15) is 40.0 Å². The van der Waals surface area contributed by atoms with E-state index in [0.717, 1.165) is 32.5 Å². The van der Waals surface area contributed by atoms with Gasteiger partial charge in [-0.25, -0.2) is 0 Å². The van der Waals surface area contributed by atoms with Crippen LogP contribution in [-0.4, -0.2) is 59.1 Å². The topological polar surface area (TPSA) is 43.8 Å². The summed E-state index contributed by atoms with van der Waals surface area (Å²) < 4.78 is 0. The van der Waals surface area contributed by atoms with Gasteiger partial charge in [0.1, 0.15) is 0 Å². The second-order valence-corrected chi connectivity index (χ2v) is 5.77. The molecule has 1 fully saturated rings. The maximum absolute atomic E-state index is 10.9. The first-order valence-corrected chi connectivity index (χ1v) is 6.54. The van der Waals surface area contributed by atoms with Gasteiger partial charge in [0, 0.05) is 24.7 Å². The van der Waals surface area contributed by atoms with Crippen LogP contribution >= 0.6 is 0 Å². The van der Waals surface area contributed by atoms with E-state index in [1.54, 1.807) is 0 Å². The lowest BCUT2D eigenvalue weighted by Gasteiger charge is -2.49. The minimum Gasteiger partial charge on any atom is -0.481 e. The number of unbranched alkanes of at least 4 members (excludes halogenated alkanes) is 1. The number of carbonyl (C=O) groups is 1. The summed E-state index contributed by atoms with van der Waals surface area (Å²) in [5.41, 5.74) is 0.142. The third-order valence-corrected chi connectivity index (χ3v) is 3.83. The largest absolute Gasteiger partial charge is 0.481 e. The highest BCUT2D eigenvalue weighted by Crippen LogP contribution is 2.24. The Balaban J connectivity index is 2.68. The lowest BCUT2D eigenvalue weighted by Crippen LogP contribution is -2.62. The predicted octanol–water partition coefficient (Wildman–Crippen LogP) is 1.66. The van der Waals surface area contributed by atoms with E-state index in [9.17, 15) is 4.79 Å². The number of rotatable bonds is 5. The molecular formula is C13H26N2O2. The number of aliphatic carboxylic acids is 1. The standard InChI is InChI=1S/C13H26N2O2/c1-5-6-7-15-10-13(2,3)14(4)9-11(15)8-12(16)17/h11H,5-10H2,1-4H3,(H,16,17). The fourth-order valence-electron chi connectivity index (χ4n) is 2.44. The van der Waals surface area contributed by atoms with Gasteiger partial charge in [0.2, 0.25) is 0 Å². The van der Waals surface area contributed by atoms with Crippen LogP contribution in [0.5, 0.6) is 0 Å². The molecule has 1 aliphatic rings. The number of carboxylic acid groups (broad SMARTS) is 1. The molecule has 1 unspecified atom stereocenters. The van der Waals surface area contributed by atoms with E-state index < -0.39 is 5.97 Å². The van der Waals surface area contributed by atoms with Crippen molar-refractivity contribution in [2.75, 3.05) is 26.7 Å². The number of hydrogen-bond acceptors (Lipinski definition) is 3. The van der Waals surface area contributed by atoms with Gasteiger partial charge in [-0.15, -0.1) is 0 Å². The highest BCUT2D eigenvalue weighted by atomic mass is 16.4. The third-order valence-electron chi connectivity index (χ3n) is 3.83. The first kappa shape index (κ1) is 14.5. The average Bonchev–Trinajstić information content (AvgIpc) is 2.20. The zero-order valence-electron chi connectivity index (χ0n) is 11.6. The summed E-state index contributed by atoms with van der Waals surface area (Å²) in [6.45, 7) is 9.45. The maximum atomic E-state index is 10.9. The fraction of sp³-hybridized carbons (Fsp3) is 0.923. The molecule has 1 N–H and O–H groups in total. The molecule has 1 atom stereocenters. The molecule has 0 aromatic carbocycles. The van der Waals surface area contributed by atoms with E-state index in [1.807, 2.05) is 0 Å². The third kappa shape index (κ3) is 3.96. The molecule has 0 bridgehead atoms. The maximum Gasteiger partial charge on any atom is 0.304 e. The summed E-state index contributed by atoms with van der Waals surface area (Å²) >= 11 is 0. The van der Waals surface area contributed by atoms with Crippen LogP contribution in [0.15, 0.2) is 0 Å². The van der Waals surface area contributed by atoms with Crippen molar-refractivity contribution in [1.82, 2.24) is 9.80 Å². The van der Waals surface area contributed by atoms with Gasteiger partial charge in [0.25, 0.3) is 0 Å². The Hall–Kier alpha value is -0.610. The molecule has 0 aromatic heterocycles.